The number of anilines is 3. The minimum atomic E-state index is -4.49. The molecule has 2 aromatic heterocycles. The number of rotatable bonds is 5. The average Bonchev–Trinajstić information content (AvgIpc) is 3.36. The van der Waals surface area contributed by atoms with Crippen molar-refractivity contribution in [2.24, 2.45) is 7.05 Å². The Morgan fingerprint density at radius 3 is 2.56 bits per heavy atom. The number of carbonyl (C=O) groups is 2. The van der Waals surface area contributed by atoms with E-state index < -0.39 is 53.7 Å². The number of alkyl halides is 3. The topological polar surface area (TPSA) is 124 Å². The molecule has 3 heterocycles. The number of hydrogen-bond donors (Lipinski definition) is 4. The fraction of sp³-hybridized carbons (Fsp3) is 0.300. The van der Waals surface area contributed by atoms with E-state index in [2.05, 4.69) is 20.7 Å². The monoisotopic (exact) mass is 531 g/mol. The number of thiazole rings is 1. The van der Waals surface area contributed by atoms with Gasteiger partial charge in [0.15, 0.2) is 11.5 Å². The van der Waals surface area contributed by atoms with Gasteiger partial charge in [0.2, 0.25) is 0 Å². The van der Waals surface area contributed by atoms with Crippen LogP contribution in [-0.2, 0) is 7.05 Å². The van der Waals surface area contributed by atoms with Crippen molar-refractivity contribution in [2.45, 2.75) is 12.2 Å². The number of nitrogens with zero attached hydrogens (tertiary/aromatic N) is 4. The van der Waals surface area contributed by atoms with Crippen molar-refractivity contribution in [1.29, 1.82) is 0 Å². The highest BCUT2D eigenvalue weighted by atomic mass is 32.1. The van der Waals surface area contributed by atoms with Gasteiger partial charge in [-0.15, -0.1) is 0 Å². The van der Waals surface area contributed by atoms with Crippen LogP contribution in [0, 0.1) is 11.6 Å². The van der Waals surface area contributed by atoms with Gasteiger partial charge in [-0.3, -0.25) is 14.8 Å². The summed E-state index contributed by atoms with van der Waals surface area (Å²) in [5.74, 6) is -2.72. The second-order valence-electron chi connectivity index (χ2n) is 7.68. The lowest BCUT2D eigenvalue weighted by Crippen LogP contribution is -2.57. The Balaban J connectivity index is 1.66. The number of amides is 2. The molecule has 2 amide bonds. The van der Waals surface area contributed by atoms with Crippen LogP contribution in [0.1, 0.15) is 10.5 Å². The van der Waals surface area contributed by atoms with Crippen LogP contribution in [-0.4, -0.2) is 63.7 Å². The Labute approximate surface area is 203 Å². The maximum atomic E-state index is 14.3. The normalized spacial score (nSPS) is 16.2. The first kappa shape index (κ1) is 25.3. The average molecular weight is 531 g/mol. The molecule has 16 heteroatoms. The fourth-order valence-corrected chi connectivity index (χ4v) is 4.70. The molecule has 1 atom stereocenters. The first-order valence-electron chi connectivity index (χ1n) is 10.3. The smallest absolute Gasteiger partial charge is 0.409 e. The van der Waals surface area contributed by atoms with Crippen LogP contribution in [0.3, 0.4) is 0 Å². The van der Waals surface area contributed by atoms with E-state index in [-0.39, 0.29) is 34.6 Å². The summed E-state index contributed by atoms with van der Waals surface area (Å²) in [6.45, 7) is -0.224. The van der Waals surface area contributed by atoms with E-state index in [0.29, 0.717) is 11.3 Å². The molecule has 1 saturated heterocycles. The summed E-state index contributed by atoms with van der Waals surface area (Å²) in [7, 11) is 1.48. The molecule has 0 bridgehead atoms. The summed E-state index contributed by atoms with van der Waals surface area (Å²) < 4.78 is 69.5. The summed E-state index contributed by atoms with van der Waals surface area (Å²) >= 11 is 0.540. The molecular weight excluding hydrogens is 513 g/mol. The van der Waals surface area contributed by atoms with Crippen LogP contribution >= 0.6 is 11.3 Å². The second-order valence-corrected chi connectivity index (χ2v) is 8.68. The molecule has 1 fully saturated rings. The number of hydrogen-bond acceptors (Lipinski definition) is 7. The van der Waals surface area contributed by atoms with E-state index in [9.17, 15) is 31.5 Å². The lowest BCUT2D eigenvalue weighted by Gasteiger charge is -2.36. The highest BCUT2D eigenvalue weighted by Gasteiger charge is 2.42. The Hall–Kier alpha value is -3.79. The fourth-order valence-electron chi connectivity index (χ4n) is 3.70. The number of benzene rings is 1. The Bertz CT molecular complexity index is 1290. The maximum Gasteiger partial charge on any atom is 0.409 e. The van der Waals surface area contributed by atoms with E-state index in [1.807, 2.05) is 5.32 Å². The molecule has 4 N–H and O–H groups in total. The van der Waals surface area contributed by atoms with Crippen molar-refractivity contribution < 1.29 is 36.6 Å². The molecule has 0 radical (unpaired) electrons. The van der Waals surface area contributed by atoms with Crippen LogP contribution in [0.15, 0.2) is 24.4 Å². The first-order chi connectivity index (χ1) is 17.0. The zero-order valence-electron chi connectivity index (χ0n) is 18.4. The summed E-state index contributed by atoms with van der Waals surface area (Å²) in [6, 6.07) is 1.30. The molecule has 10 nitrogen and oxygen atoms in total. The van der Waals surface area contributed by atoms with Gasteiger partial charge in [0.1, 0.15) is 33.4 Å². The molecule has 36 heavy (non-hydrogen) atoms. The van der Waals surface area contributed by atoms with Gasteiger partial charge in [0, 0.05) is 26.7 Å². The van der Waals surface area contributed by atoms with Crippen molar-refractivity contribution in [2.75, 3.05) is 35.2 Å². The van der Waals surface area contributed by atoms with Crippen molar-refractivity contribution in [3.05, 3.63) is 41.7 Å². The quantitative estimate of drug-likeness (QED) is 0.372. The Kier molecular flexibility index (Phi) is 6.81. The van der Waals surface area contributed by atoms with Gasteiger partial charge in [0.25, 0.3) is 5.91 Å². The highest BCUT2D eigenvalue weighted by Crippen LogP contribution is 2.36. The van der Waals surface area contributed by atoms with Crippen LogP contribution < -0.4 is 20.9 Å². The molecule has 0 saturated carbocycles. The number of piperazine rings is 1. The maximum absolute atomic E-state index is 14.3. The molecule has 192 valence electrons. The summed E-state index contributed by atoms with van der Waals surface area (Å²) in [6.07, 6.45) is -4.82. The molecule has 0 aliphatic carbocycles. The van der Waals surface area contributed by atoms with Gasteiger partial charge in [-0.2, -0.15) is 18.3 Å². The molecule has 3 aromatic rings. The van der Waals surface area contributed by atoms with Crippen molar-refractivity contribution in [1.82, 2.24) is 20.1 Å². The Morgan fingerprint density at radius 2 is 1.92 bits per heavy atom. The number of aryl methyl sites for hydroxylation is 1. The number of carboxylic acid groups (broad SMARTS) is 1. The lowest BCUT2D eigenvalue weighted by molar-refractivity contribution is -0.155. The molecule has 0 spiro atoms. The molecule has 0 unspecified atom stereocenters. The first-order valence-corrected chi connectivity index (χ1v) is 11.1. The third kappa shape index (κ3) is 5.08. The third-order valence-corrected chi connectivity index (χ3v) is 6.25. The summed E-state index contributed by atoms with van der Waals surface area (Å²) in [4.78, 5) is 29.6. The van der Waals surface area contributed by atoms with Gasteiger partial charge >= 0.3 is 12.3 Å². The number of carbonyl (C=O) groups excluding carboxylic acids is 1. The van der Waals surface area contributed by atoms with Crippen molar-refractivity contribution >= 4 is 39.8 Å². The predicted octanol–water partition coefficient (Wildman–Crippen LogP) is 3.50. The molecule has 1 aromatic carbocycles. The van der Waals surface area contributed by atoms with Gasteiger partial charge < -0.3 is 20.6 Å². The van der Waals surface area contributed by atoms with Crippen LogP contribution in [0.5, 0.6) is 0 Å². The minimum Gasteiger partial charge on any atom is -0.465 e. The van der Waals surface area contributed by atoms with Crippen LogP contribution in [0.4, 0.5) is 43.3 Å². The highest BCUT2D eigenvalue weighted by molar-refractivity contribution is 7.19. The molecular formula is C20H18F5N7O3S. The molecule has 4 rings (SSSR count). The van der Waals surface area contributed by atoms with Gasteiger partial charge in [-0.05, 0) is 12.1 Å². The zero-order valence-corrected chi connectivity index (χ0v) is 19.2. The molecule has 1 aliphatic heterocycles. The molecule has 1 aliphatic rings. The van der Waals surface area contributed by atoms with E-state index in [0.717, 1.165) is 18.2 Å². The lowest BCUT2D eigenvalue weighted by atomic mass is 10.2. The number of aromatic nitrogens is 3. The largest absolute Gasteiger partial charge is 0.465 e. The number of halogens is 5. The van der Waals surface area contributed by atoms with Crippen LogP contribution in [0.2, 0.25) is 0 Å². The summed E-state index contributed by atoms with van der Waals surface area (Å²) in [5.41, 5.74) is -0.988. The third-order valence-electron chi connectivity index (χ3n) is 5.27. The van der Waals surface area contributed by atoms with Gasteiger partial charge in [0.05, 0.1) is 11.8 Å². The van der Waals surface area contributed by atoms with Crippen molar-refractivity contribution in [3.63, 3.8) is 0 Å². The SMILES string of the molecule is Cn1ncc(NC(=O)c2nc(-c3c(F)cccc3F)sc2NC(=O)O)c1N1CCN[C@@H](C(F)(F)F)C1. The predicted molar refractivity (Wildman–Crippen MR) is 120 cm³/mol. The minimum absolute atomic E-state index is 0.0269. The van der Waals surface area contributed by atoms with E-state index in [4.69, 9.17) is 5.11 Å². The van der Waals surface area contributed by atoms with E-state index >= 15 is 0 Å². The zero-order chi connectivity index (χ0) is 26.2. The standard InChI is InChI=1S/C20H18F5N7O3S/c1-31-18(32-6-5-26-12(8-32)20(23,24)25)11(7-27-31)28-15(33)14-17(30-19(34)35)36-16(29-14)13-9(21)3-2-4-10(13)22/h2-4,7,12,26,30H,5-6,8H2,1H3,(H,28,33)(H,34,35)/t12-/m1/s1. The Morgan fingerprint density at radius 1 is 1.22 bits per heavy atom. The number of nitrogens with one attached hydrogen (secondary N) is 3. The summed E-state index contributed by atoms with van der Waals surface area (Å²) in [5, 5.41) is 19.4. The van der Waals surface area contributed by atoms with E-state index in [1.165, 1.54) is 22.8 Å². The van der Waals surface area contributed by atoms with Crippen molar-refractivity contribution in [3.8, 4) is 10.6 Å². The van der Waals surface area contributed by atoms with Gasteiger partial charge in [-0.1, -0.05) is 17.4 Å². The van der Waals surface area contributed by atoms with Crippen LogP contribution in [0.25, 0.3) is 10.6 Å². The second kappa shape index (κ2) is 9.69. The van der Waals surface area contributed by atoms with Gasteiger partial charge in [-0.25, -0.2) is 18.6 Å². The van der Waals surface area contributed by atoms with E-state index in [1.54, 1.807) is 0 Å².